The molecule has 6 nitrogen and oxygen atoms in total. The highest BCUT2D eigenvalue weighted by Crippen LogP contribution is 2.34. The van der Waals surface area contributed by atoms with Crippen LogP contribution in [0.1, 0.15) is 27.7 Å². The molecule has 108 valence electrons. The number of aromatic nitrogens is 1. The maximum absolute atomic E-state index is 12.2. The molecule has 0 saturated carbocycles. The first kappa shape index (κ1) is 13.6. The van der Waals surface area contributed by atoms with Gasteiger partial charge in [0.25, 0.3) is 5.91 Å². The molecule has 3 rings (SSSR count). The lowest BCUT2D eigenvalue weighted by Crippen LogP contribution is -2.32. The molecule has 2 atom stereocenters. The van der Waals surface area contributed by atoms with Crippen molar-refractivity contribution in [2.45, 2.75) is 17.8 Å². The van der Waals surface area contributed by atoms with Crippen molar-refractivity contribution in [1.29, 1.82) is 0 Å². The van der Waals surface area contributed by atoms with Crippen LogP contribution >= 0.6 is 11.6 Å². The summed E-state index contributed by atoms with van der Waals surface area (Å²) in [5.41, 5.74) is 2.25. The summed E-state index contributed by atoms with van der Waals surface area (Å²) in [6, 6.07) is 10.1. The fourth-order valence-electron chi connectivity index (χ4n) is 2.56. The van der Waals surface area contributed by atoms with Crippen LogP contribution in [-0.4, -0.2) is 21.2 Å². The number of H-pyrrole nitrogens is 1. The summed E-state index contributed by atoms with van der Waals surface area (Å²) >= 11 is 6.30. The third-order valence-electron chi connectivity index (χ3n) is 3.57. The van der Waals surface area contributed by atoms with Crippen LogP contribution in [0.2, 0.25) is 0 Å². The Morgan fingerprint density at radius 1 is 1.33 bits per heavy atom. The van der Waals surface area contributed by atoms with Gasteiger partial charge in [0.15, 0.2) is 5.69 Å². The summed E-state index contributed by atoms with van der Waals surface area (Å²) in [6.45, 7) is 0. The van der Waals surface area contributed by atoms with E-state index in [0.717, 1.165) is 11.1 Å². The number of halogens is 1. The zero-order valence-electron chi connectivity index (χ0n) is 10.9. The van der Waals surface area contributed by atoms with E-state index in [1.54, 1.807) is 0 Å². The lowest BCUT2D eigenvalue weighted by atomic mass is 10.1. The molecule has 1 amide bonds. The predicted octanol–water partition coefficient (Wildman–Crippen LogP) is 2.56. The fourth-order valence-corrected chi connectivity index (χ4v) is 2.92. The summed E-state index contributed by atoms with van der Waals surface area (Å²) in [6.07, 6.45) is 0.688. The van der Waals surface area contributed by atoms with Crippen LogP contribution in [0.25, 0.3) is 0 Å². The van der Waals surface area contributed by atoms with Gasteiger partial charge in [-0.2, -0.15) is 0 Å². The molecule has 7 heteroatoms. The van der Waals surface area contributed by atoms with Gasteiger partial charge in [-0.05, 0) is 28.5 Å². The first-order valence-electron chi connectivity index (χ1n) is 6.42. The molecule has 2 N–H and O–H groups in total. The number of hydrogen-bond donors (Lipinski definition) is 2. The number of nitrogens with zero attached hydrogens (tertiary/aromatic N) is 1. The molecular weight excluding hydrogens is 294 g/mol. The van der Waals surface area contributed by atoms with E-state index >= 15 is 0 Å². The Labute approximate surface area is 125 Å². The largest absolute Gasteiger partial charge is 0.358 e. The molecule has 2 unspecified atom stereocenters. The minimum Gasteiger partial charge on any atom is -0.358 e. The van der Waals surface area contributed by atoms with Crippen LogP contribution in [-0.2, 0) is 6.42 Å². The third kappa shape index (κ3) is 2.50. The number of nitro groups is 1. The number of rotatable bonds is 3. The molecule has 2 aromatic rings. The van der Waals surface area contributed by atoms with Crippen LogP contribution in [0, 0.1) is 10.1 Å². The average molecular weight is 306 g/mol. The number of carbonyl (C=O) groups is 1. The second-order valence-electron chi connectivity index (χ2n) is 4.88. The number of carbonyl (C=O) groups excluding carboxylic acids is 1. The van der Waals surface area contributed by atoms with Gasteiger partial charge >= 0.3 is 5.82 Å². The lowest BCUT2D eigenvalue weighted by molar-refractivity contribution is -0.389. The second kappa shape index (κ2) is 5.21. The van der Waals surface area contributed by atoms with Gasteiger partial charge < -0.3 is 15.4 Å². The van der Waals surface area contributed by atoms with E-state index < -0.39 is 10.8 Å². The minimum absolute atomic E-state index is 0.148. The molecule has 0 fully saturated rings. The van der Waals surface area contributed by atoms with Crippen molar-refractivity contribution in [2.75, 3.05) is 0 Å². The number of benzene rings is 1. The van der Waals surface area contributed by atoms with Gasteiger partial charge in [-0.3, -0.25) is 4.79 Å². The van der Waals surface area contributed by atoms with Gasteiger partial charge in [0, 0.05) is 6.07 Å². The SMILES string of the molecule is O=C(NC1c2ccccc2CC1Cl)c1ccc([N+](=O)[O-])[nH]1. The van der Waals surface area contributed by atoms with E-state index in [1.807, 2.05) is 24.3 Å². The van der Waals surface area contributed by atoms with Crippen LogP contribution in [0.15, 0.2) is 36.4 Å². The number of aromatic amines is 1. The third-order valence-corrected chi connectivity index (χ3v) is 3.97. The molecule has 0 saturated heterocycles. The molecule has 1 heterocycles. The van der Waals surface area contributed by atoms with Crippen molar-refractivity contribution < 1.29 is 9.72 Å². The summed E-state index contributed by atoms with van der Waals surface area (Å²) in [4.78, 5) is 24.7. The molecule has 21 heavy (non-hydrogen) atoms. The fraction of sp³-hybridized carbons (Fsp3) is 0.214. The highest BCUT2D eigenvalue weighted by molar-refractivity contribution is 6.21. The zero-order chi connectivity index (χ0) is 15.0. The summed E-state index contributed by atoms with van der Waals surface area (Å²) < 4.78 is 0. The molecule has 0 spiro atoms. The Balaban J connectivity index is 1.80. The van der Waals surface area contributed by atoms with Crippen molar-refractivity contribution in [3.63, 3.8) is 0 Å². The van der Waals surface area contributed by atoms with Gasteiger partial charge in [0.05, 0.1) is 11.4 Å². The molecule has 1 aliphatic carbocycles. The predicted molar refractivity (Wildman–Crippen MR) is 77.4 cm³/mol. The summed E-state index contributed by atoms with van der Waals surface area (Å²) in [5.74, 6) is -0.621. The van der Waals surface area contributed by atoms with Crippen LogP contribution in [0.4, 0.5) is 5.82 Å². The standard InChI is InChI=1S/C14H12ClN3O3/c15-10-7-8-3-1-2-4-9(8)13(10)17-14(19)11-5-6-12(16-11)18(20)21/h1-6,10,13,16H,7H2,(H,17,19). The van der Waals surface area contributed by atoms with E-state index in [-0.39, 0.29) is 22.9 Å². The van der Waals surface area contributed by atoms with Crippen molar-refractivity contribution in [3.05, 3.63) is 63.3 Å². The average Bonchev–Trinajstić information content (AvgIpc) is 3.05. The Bertz CT molecular complexity index is 713. The van der Waals surface area contributed by atoms with Crippen LogP contribution < -0.4 is 5.32 Å². The quantitative estimate of drug-likeness (QED) is 0.519. The Morgan fingerprint density at radius 3 is 2.81 bits per heavy atom. The highest BCUT2D eigenvalue weighted by atomic mass is 35.5. The number of alkyl halides is 1. The van der Waals surface area contributed by atoms with Crippen molar-refractivity contribution in [2.24, 2.45) is 0 Å². The van der Waals surface area contributed by atoms with E-state index in [4.69, 9.17) is 11.6 Å². The number of fused-ring (bicyclic) bond motifs is 1. The van der Waals surface area contributed by atoms with E-state index in [9.17, 15) is 14.9 Å². The molecule has 1 aromatic carbocycles. The molecule has 0 radical (unpaired) electrons. The van der Waals surface area contributed by atoms with Gasteiger partial charge in [0.1, 0.15) is 0 Å². The summed E-state index contributed by atoms with van der Waals surface area (Å²) in [5, 5.41) is 13.2. The first-order chi connectivity index (χ1) is 10.1. The maximum atomic E-state index is 12.2. The Morgan fingerprint density at radius 2 is 2.10 bits per heavy atom. The Kier molecular flexibility index (Phi) is 3.39. The summed E-state index contributed by atoms with van der Waals surface area (Å²) in [7, 11) is 0. The molecule has 1 aromatic heterocycles. The van der Waals surface area contributed by atoms with E-state index in [0.29, 0.717) is 6.42 Å². The second-order valence-corrected chi connectivity index (χ2v) is 5.45. The molecule has 0 aliphatic heterocycles. The van der Waals surface area contributed by atoms with Gasteiger partial charge in [-0.25, -0.2) is 4.98 Å². The van der Waals surface area contributed by atoms with Crippen molar-refractivity contribution in [3.8, 4) is 0 Å². The number of amides is 1. The van der Waals surface area contributed by atoms with E-state index in [2.05, 4.69) is 10.3 Å². The van der Waals surface area contributed by atoms with Crippen LogP contribution in [0.3, 0.4) is 0 Å². The van der Waals surface area contributed by atoms with Gasteiger partial charge in [0.2, 0.25) is 0 Å². The van der Waals surface area contributed by atoms with E-state index in [1.165, 1.54) is 12.1 Å². The van der Waals surface area contributed by atoms with Crippen LogP contribution in [0.5, 0.6) is 0 Å². The topological polar surface area (TPSA) is 88.0 Å². The monoisotopic (exact) mass is 305 g/mol. The molecule has 1 aliphatic rings. The maximum Gasteiger partial charge on any atom is 0.321 e. The van der Waals surface area contributed by atoms with Crippen molar-refractivity contribution in [1.82, 2.24) is 10.3 Å². The smallest absolute Gasteiger partial charge is 0.321 e. The first-order valence-corrected chi connectivity index (χ1v) is 6.86. The molecule has 0 bridgehead atoms. The molecular formula is C14H12ClN3O3. The number of hydrogen-bond acceptors (Lipinski definition) is 3. The highest BCUT2D eigenvalue weighted by Gasteiger charge is 2.32. The van der Waals surface area contributed by atoms with Gasteiger partial charge in [-0.15, -0.1) is 11.6 Å². The Hall–Kier alpha value is -2.34. The van der Waals surface area contributed by atoms with Crippen molar-refractivity contribution >= 4 is 23.3 Å². The number of nitrogens with one attached hydrogen (secondary N) is 2. The minimum atomic E-state index is -0.577. The lowest BCUT2D eigenvalue weighted by Gasteiger charge is -2.16. The zero-order valence-corrected chi connectivity index (χ0v) is 11.6. The normalized spacial score (nSPS) is 20.0. The van der Waals surface area contributed by atoms with Gasteiger partial charge in [-0.1, -0.05) is 24.3 Å².